The molecule has 0 saturated carbocycles. The van der Waals surface area contributed by atoms with E-state index in [9.17, 15) is 4.79 Å². The van der Waals surface area contributed by atoms with E-state index < -0.39 is 0 Å². The van der Waals surface area contributed by atoms with Crippen LogP contribution in [0.1, 0.15) is 36.4 Å². The topological polar surface area (TPSA) is 69.0 Å². The maximum absolute atomic E-state index is 13.0. The Balaban J connectivity index is 1.53. The summed E-state index contributed by atoms with van der Waals surface area (Å²) in [5, 5.41) is 9.51. The summed E-state index contributed by atoms with van der Waals surface area (Å²) < 4.78 is 8.04. The molecule has 0 amide bonds. The number of anilines is 1. The van der Waals surface area contributed by atoms with Gasteiger partial charge < -0.3 is 10.1 Å². The lowest BCUT2D eigenvalue weighted by molar-refractivity contribution is -0.116. The van der Waals surface area contributed by atoms with Crippen LogP contribution in [0.5, 0.6) is 5.75 Å². The zero-order valence-electron chi connectivity index (χ0n) is 17.3. The van der Waals surface area contributed by atoms with Gasteiger partial charge in [0, 0.05) is 28.5 Å². The number of hydrogen-bond donors (Lipinski definition) is 1. The SMILES string of the molecule is COc1ccc(C2C3=C(CCCC3=O)Nc3nc(SCc4ccccc4Cl)nn32)cc1Br. The standard InChI is InChI=1S/C23H20BrClN4O2S/c1-31-19-10-9-13(11-15(19)24)21-20-17(7-4-8-18(20)30)26-22-27-23(28-29(21)22)32-12-14-5-2-3-6-16(14)25/h2-3,5-6,9-11,21H,4,7-8,12H2,1H3,(H,26,27,28). The number of ether oxygens (including phenoxy) is 1. The van der Waals surface area contributed by atoms with E-state index in [1.165, 1.54) is 11.8 Å². The highest BCUT2D eigenvalue weighted by Crippen LogP contribution is 2.42. The van der Waals surface area contributed by atoms with E-state index >= 15 is 0 Å². The first-order chi connectivity index (χ1) is 15.5. The van der Waals surface area contributed by atoms with Crippen LogP contribution in [0.15, 0.2) is 63.4 Å². The Labute approximate surface area is 203 Å². The number of hydrogen-bond acceptors (Lipinski definition) is 6. The van der Waals surface area contributed by atoms with Crippen LogP contribution in [-0.2, 0) is 10.5 Å². The summed E-state index contributed by atoms with van der Waals surface area (Å²) in [4.78, 5) is 17.7. The number of methoxy groups -OCH3 is 1. The fraction of sp³-hybridized carbons (Fsp3) is 0.261. The van der Waals surface area contributed by atoms with Crippen molar-refractivity contribution < 1.29 is 9.53 Å². The van der Waals surface area contributed by atoms with Crippen molar-refractivity contribution in [2.75, 3.05) is 12.4 Å². The van der Waals surface area contributed by atoms with Gasteiger partial charge in [0.1, 0.15) is 11.8 Å². The second-order valence-corrected chi connectivity index (χ2v) is 9.84. The average molecular weight is 532 g/mol. The number of carbonyl (C=O) groups is 1. The number of Topliss-reactive ketones (excluding diaryl/α,β-unsaturated/α-hetero) is 1. The van der Waals surface area contributed by atoms with Gasteiger partial charge in [-0.1, -0.05) is 47.6 Å². The fourth-order valence-electron chi connectivity index (χ4n) is 4.12. The molecule has 0 radical (unpaired) electrons. The second kappa shape index (κ2) is 8.92. The monoisotopic (exact) mass is 530 g/mol. The third kappa shape index (κ3) is 3.95. The van der Waals surface area contributed by atoms with Gasteiger partial charge in [-0.25, -0.2) is 4.68 Å². The molecule has 1 aliphatic heterocycles. The maximum Gasteiger partial charge on any atom is 0.227 e. The Morgan fingerprint density at radius 1 is 1.28 bits per heavy atom. The van der Waals surface area contributed by atoms with E-state index in [0.29, 0.717) is 23.3 Å². The molecule has 0 saturated heterocycles. The minimum Gasteiger partial charge on any atom is -0.496 e. The van der Waals surface area contributed by atoms with E-state index in [1.807, 2.05) is 47.1 Å². The zero-order valence-corrected chi connectivity index (χ0v) is 20.4. The van der Waals surface area contributed by atoms with Crippen molar-refractivity contribution in [2.45, 2.75) is 36.2 Å². The first-order valence-corrected chi connectivity index (χ1v) is 12.4. The largest absolute Gasteiger partial charge is 0.496 e. The highest BCUT2D eigenvalue weighted by Gasteiger charge is 2.37. The summed E-state index contributed by atoms with van der Waals surface area (Å²) in [5.41, 5.74) is 3.70. The van der Waals surface area contributed by atoms with Gasteiger partial charge in [-0.05, 0) is 58.1 Å². The minimum atomic E-state index is -0.335. The van der Waals surface area contributed by atoms with Gasteiger partial charge in [0.2, 0.25) is 11.1 Å². The summed E-state index contributed by atoms with van der Waals surface area (Å²) in [6.07, 6.45) is 2.21. The Hall–Kier alpha value is -2.29. The molecule has 0 fully saturated rings. The first-order valence-electron chi connectivity index (χ1n) is 10.2. The molecule has 1 N–H and O–H groups in total. The van der Waals surface area contributed by atoms with Crippen molar-refractivity contribution in [3.8, 4) is 5.75 Å². The molecule has 0 bridgehead atoms. The van der Waals surface area contributed by atoms with E-state index in [2.05, 4.69) is 21.2 Å². The Bertz CT molecular complexity index is 1240. The third-order valence-electron chi connectivity index (χ3n) is 5.65. The second-order valence-electron chi connectivity index (χ2n) is 7.63. The number of allylic oxidation sites excluding steroid dienone is 2. The van der Waals surface area contributed by atoms with Crippen molar-refractivity contribution in [2.24, 2.45) is 0 Å². The first kappa shape index (κ1) is 21.6. The van der Waals surface area contributed by atoms with Crippen LogP contribution in [0.4, 0.5) is 5.95 Å². The highest BCUT2D eigenvalue weighted by atomic mass is 79.9. The number of thioether (sulfide) groups is 1. The van der Waals surface area contributed by atoms with Crippen LogP contribution in [0.25, 0.3) is 0 Å². The number of benzene rings is 2. The lowest BCUT2D eigenvalue weighted by Gasteiger charge is -2.32. The predicted molar refractivity (Wildman–Crippen MR) is 129 cm³/mol. The number of halogens is 2. The van der Waals surface area contributed by atoms with Crippen molar-refractivity contribution in [1.29, 1.82) is 0 Å². The molecule has 5 rings (SSSR count). The highest BCUT2D eigenvalue weighted by molar-refractivity contribution is 9.10. The number of fused-ring (bicyclic) bond motifs is 1. The lowest BCUT2D eigenvalue weighted by Crippen LogP contribution is -2.31. The summed E-state index contributed by atoms with van der Waals surface area (Å²) in [6, 6.07) is 13.3. The van der Waals surface area contributed by atoms with Crippen molar-refractivity contribution in [3.05, 3.63) is 74.4 Å². The molecule has 2 aromatic carbocycles. The van der Waals surface area contributed by atoms with Gasteiger partial charge in [0.05, 0.1) is 11.6 Å². The molecule has 1 unspecified atom stereocenters. The van der Waals surface area contributed by atoms with Crippen LogP contribution >= 0.6 is 39.3 Å². The van der Waals surface area contributed by atoms with Gasteiger partial charge in [-0.2, -0.15) is 4.98 Å². The molecule has 2 aliphatic rings. The number of carbonyl (C=O) groups excluding carboxylic acids is 1. The smallest absolute Gasteiger partial charge is 0.227 e. The van der Waals surface area contributed by atoms with Gasteiger partial charge in [-0.15, -0.1) is 5.10 Å². The number of aromatic nitrogens is 3. The quantitative estimate of drug-likeness (QED) is 0.406. The Kier molecular flexibility index (Phi) is 6.01. The van der Waals surface area contributed by atoms with Gasteiger partial charge in [-0.3, -0.25) is 4.79 Å². The Morgan fingerprint density at radius 3 is 2.91 bits per heavy atom. The minimum absolute atomic E-state index is 0.155. The molecule has 1 aliphatic carbocycles. The lowest BCUT2D eigenvalue weighted by atomic mass is 9.85. The fourth-order valence-corrected chi connectivity index (χ4v) is 5.79. The van der Waals surface area contributed by atoms with E-state index in [4.69, 9.17) is 26.4 Å². The summed E-state index contributed by atoms with van der Waals surface area (Å²) in [5.74, 6) is 2.20. The van der Waals surface area contributed by atoms with Crippen molar-refractivity contribution in [1.82, 2.24) is 14.8 Å². The van der Waals surface area contributed by atoms with E-state index in [0.717, 1.165) is 50.5 Å². The van der Waals surface area contributed by atoms with Crippen LogP contribution in [0, 0.1) is 0 Å². The van der Waals surface area contributed by atoms with Crippen molar-refractivity contribution >= 4 is 51.0 Å². The molecular formula is C23H20BrClN4O2S. The summed E-state index contributed by atoms with van der Waals surface area (Å²) >= 11 is 11.4. The molecule has 32 heavy (non-hydrogen) atoms. The van der Waals surface area contributed by atoms with E-state index in [1.54, 1.807) is 7.11 Å². The Morgan fingerprint density at radius 2 is 2.12 bits per heavy atom. The normalized spacial score (nSPS) is 17.6. The predicted octanol–water partition coefficient (Wildman–Crippen LogP) is 6.02. The molecule has 0 spiro atoms. The molecule has 6 nitrogen and oxygen atoms in total. The molecule has 3 aromatic rings. The zero-order chi connectivity index (χ0) is 22.2. The molecular weight excluding hydrogens is 512 g/mol. The number of nitrogens with zero attached hydrogens (tertiary/aromatic N) is 3. The van der Waals surface area contributed by atoms with Crippen molar-refractivity contribution in [3.63, 3.8) is 0 Å². The van der Waals surface area contributed by atoms with Gasteiger partial charge >= 0.3 is 0 Å². The molecule has 1 aromatic heterocycles. The number of rotatable bonds is 5. The number of ketones is 1. The van der Waals surface area contributed by atoms with Crippen LogP contribution in [-0.4, -0.2) is 27.7 Å². The van der Waals surface area contributed by atoms with E-state index in [-0.39, 0.29) is 11.8 Å². The maximum atomic E-state index is 13.0. The number of nitrogens with one attached hydrogen (secondary N) is 1. The molecule has 2 heterocycles. The third-order valence-corrected chi connectivity index (χ3v) is 7.53. The van der Waals surface area contributed by atoms with Gasteiger partial charge in [0.25, 0.3) is 0 Å². The summed E-state index contributed by atoms with van der Waals surface area (Å²) in [7, 11) is 1.63. The van der Waals surface area contributed by atoms with Crippen LogP contribution < -0.4 is 10.1 Å². The van der Waals surface area contributed by atoms with Crippen LogP contribution in [0.2, 0.25) is 5.02 Å². The van der Waals surface area contributed by atoms with Gasteiger partial charge in [0.15, 0.2) is 5.78 Å². The molecule has 9 heteroatoms. The van der Waals surface area contributed by atoms with Crippen LogP contribution in [0.3, 0.4) is 0 Å². The molecule has 164 valence electrons. The summed E-state index contributed by atoms with van der Waals surface area (Å²) in [6.45, 7) is 0. The average Bonchev–Trinajstić information content (AvgIpc) is 3.19. The molecule has 1 atom stereocenters.